The highest BCUT2D eigenvalue weighted by molar-refractivity contribution is 7.99. The minimum atomic E-state index is -4.95. The van der Waals surface area contributed by atoms with Gasteiger partial charge in [0.25, 0.3) is 0 Å². The van der Waals surface area contributed by atoms with Crippen LogP contribution in [0.3, 0.4) is 0 Å². The molecule has 2 aromatic rings. The van der Waals surface area contributed by atoms with Crippen molar-refractivity contribution >= 4 is 35.0 Å². The van der Waals surface area contributed by atoms with Crippen LogP contribution in [-0.4, -0.2) is 12.2 Å². The predicted molar refractivity (Wildman–Crippen MR) is 87.8 cm³/mol. The normalized spacial score (nSPS) is 16.6. The maximum absolute atomic E-state index is 13.5. The molecular formula is C16H10ClF4NO2S. The zero-order valence-electron chi connectivity index (χ0n) is 12.6. The lowest BCUT2D eigenvalue weighted by atomic mass is 10.1. The van der Waals surface area contributed by atoms with Gasteiger partial charge in [0, 0.05) is 11.3 Å². The van der Waals surface area contributed by atoms with Gasteiger partial charge in [-0.25, -0.2) is 4.39 Å². The van der Waals surface area contributed by atoms with Crippen LogP contribution >= 0.6 is 23.4 Å². The summed E-state index contributed by atoms with van der Waals surface area (Å²) in [5.74, 6) is -1.79. The molecule has 0 bridgehead atoms. The van der Waals surface area contributed by atoms with Crippen LogP contribution in [0.1, 0.15) is 16.4 Å². The number of benzene rings is 2. The van der Waals surface area contributed by atoms with Crippen LogP contribution in [0.25, 0.3) is 0 Å². The van der Waals surface area contributed by atoms with Crippen LogP contribution in [0.2, 0.25) is 5.02 Å². The SMILES string of the molecule is CSC1C(=O)Nc2ccc(Oc3ccc(F)c(C(F)(F)F)c3Cl)cc21. The Labute approximate surface area is 149 Å². The average Bonchev–Trinajstić information content (AvgIpc) is 2.83. The summed E-state index contributed by atoms with van der Waals surface area (Å²) in [4.78, 5) is 11.8. The van der Waals surface area contributed by atoms with E-state index in [1.807, 2.05) is 0 Å². The lowest BCUT2D eigenvalue weighted by Gasteiger charge is -2.15. The first kappa shape index (κ1) is 17.9. The van der Waals surface area contributed by atoms with Gasteiger partial charge in [0.2, 0.25) is 5.91 Å². The fraction of sp³-hybridized carbons (Fsp3) is 0.188. The summed E-state index contributed by atoms with van der Waals surface area (Å²) in [6.07, 6.45) is -3.18. The highest BCUT2D eigenvalue weighted by Gasteiger charge is 2.38. The summed E-state index contributed by atoms with van der Waals surface area (Å²) in [5, 5.41) is 1.40. The third kappa shape index (κ3) is 3.28. The highest BCUT2D eigenvalue weighted by atomic mass is 35.5. The van der Waals surface area contributed by atoms with Gasteiger partial charge in [0.15, 0.2) is 0 Å². The van der Waals surface area contributed by atoms with Gasteiger partial charge in [-0.05, 0) is 36.6 Å². The molecule has 1 heterocycles. The number of anilines is 1. The lowest BCUT2D eigenvalue weighted by molar-refractivity contribution is -0.140. The van der Waals surface area contributed by atoms with Crippen molar-refractivity contribution in [1.29, 1.82) is 0 Å². The van der Waals surface area contributed by atoms with Crippen molar-refractivity contribution in [3.8, 4) is 11.5 Å². The van der Waals surface area contributed by atoms with Crippen LogP contribution in [-0.2, 0) is 11.0 Å². The van der Waals surface area contributed by atoms with Gasteiger partial charge in [-0.2, -0.15) is 13.2 Å². The van der Waals surface area contributed by atoms with Crippen molar-refractivity contribution in [1.82, 2.24) is 0 Å². The van der Waals surface area contributed by atoms with Gasteiger partial charge in [-0.15, -0.1) is 11.8 Å². The summed E-state index contributed by atoms with van der Waals surface area (Å²) in [6, 6.07) is 6.28. The van der Waals surface area contributed by atoms with Crippen molar-refractivity contribution in [3.05, 3.63) is 52.3 Å². The van der Waals surface area contributed by atoms with Crippen molar-refractivity contribution in [2.75, 3.05) is 11.6 Å². The Morgan fingerprint density at radius 1 is 1.24 bits per heavy atom. The van der Waals surface area contributed by atoms with Crippen molar-refractivity contribution < 1.29 is 27.1 Å². The van der Waals surface area contributed by atoms with Gasteiger partial charge in [-0.1, -0.05) is 11.6 Å². The lowest BCUT2D eigenvalue weighted by Crippen LogP contribution is -2.09. The second-order valence-corrected chi connectivity index (χ2v) is 6.51. The molecular weight excluding hydrogens is 382 g/mol. The number of nitrogens with one attached hydrogen (secondary N) is 1. The van der Waals surface area contributed by atoms with Crippen molar-refractivity contribution in [2.24, 2.45) is 0 Å². The van der Waals surface area contributed by atoms with Crippen molar-refractivity contribution in [2.45, 2.75) is 11.4 Å². The molecule has 1 aliphatic heterocycles. The molecule has 0 saturated heterocycles. The van der Waals surface area contributed by atoms with Crippen LogP contribution in [0.4, 0.5) is 23.2 Å². The van der Waals surface area contributed by atoms with Gasteiger partial charge in [0.1, 0.15) is 28.1 Å². The number of rotatable bonds is 3. The van der Waals surface area contributed by atoms with E-state index in [2.05, 4.69) is 5.32 Å². The van der Waals surface area contributed by atoms with E-state index in [1.165, 1.54) is 17.8 Å². The molecule has 1 unspecified atom stereocenters. The largest absolute Gasteiger partial charge is 0.456 e. The molecule has 2 aromatic carbocycles. The molecule has 132 valence electrons. The maximum atomic E-state index is 13.5. The summed E-state index contributed by atoms with van der Waals surface area (Å²) in [5.41, 5.74) is -0.311. The molecule has 0 fully saturated rings. The number of ether oxygens (including phenoxy) is 1. The zero-order valence-corrected chi connectivity index (χ0v) is 14.2. The van der Waals surface area contributed by atoms with E-state index in [1.54, 1.807) is 18.4 Å². The number of hydrogen-bond donors (Lipinski definition) is 1. The van der Waals surface area contributed by atoms with E-state index >= 15 is 0 Å². The van der Waals surface area contributed by atoms with E-state index in [0.29, 0.717) is 17.3 Å². The third-order valence-electron chi connectivity index (χ3n) is 3.60. The number of alkyl halides is 3. The van der Waals surface area contributed by atoms with E-state index in [-0.39, 0.29) is 17.4 Å². The van der Waals surface area contributed by atoms with Crippen molar-refractivity contribution in [3.63, 3.8) is 0 Å². The molecule has 1 aliphatic rings. The molecule has 0 saturated carbocycles. The van der Waals surface area contributed by atoms with Crippen LogP contribution < -0.4 is 10.1 Å². The van der Waals surface area contributed by atoms with Gasteiger partial charge in [-0.3, -0.25) is 4.79 Å². The number of carbonyl (C=O) groups excluding carboxylic acids is 1. The second-order valence-electron chi connectivity index (χ2n) is 5.19. The third-order valence-corrected chi connectivity index (χ3v) is 4.92. The molecule has 0 spiro atoms. The average molecular weight is 392 g/mol. The fourth-order valence-electron chi connectivity index (χ4n) is 2.51. The van der Waals surface area contributed by atoms with E-state index in [4.69, 9.17) is 16.3 Å². The first-order valence-corrected chi connectivity index (χ1v) is 8.59. The summed E-state index contributed by atoms with van der Waals surface area (Å²) in [7, 11) is 0. The predicted octanol–water partition coefficient (Wildman–Crippen LogP) is 5.65. The van der Waals surface area contributed by atoms with Gasteiger partial charge < -0.3 is 10.1 Å². The first-order chi connectivity index (χ1) is 11.7. The molecule has 25 heavy (non-hydrogen) atoms. The minimum Gasteiger partial charge on any atom is -0.456 e. The molecule has 9 heteroatoms. The molecule has 0 radical (unpaired) electrons. The molecule has 3 rings (SSSR count). The first-order valence-electron chi connectivity index (χ1n) is 6.93. The number of hydrogen-bond acceptors (Lipinski definition) is 3. The Kier molecular flexibility index (Phi) is 4.59. The van der Waals surface area contributed by atoms with E-state index < -0.39 is 27.8 Å². The Balaban J connectivity index is 1.97. The summed E-state index contributed by atoms with van der Waals surface area (Å²) < 4.78 is 57.6. The standard InChI is InChI=1S/C16H10ClF4NO2S/c1-25-14-8-6-7(2-4-10(8)22-15(14)23)24-11-5-3-9(18)12(13(11)17)16(19,20)21/h2-6,14H,1H3,(H,22,23). The molecule has 0 aliphatic carbocycles. The fourth-order valence-corrected chi connectivity index (χ4v) is 3.53. The number of carbonyl (C=O) groups is 1. The summed E-state index contributed by atoms with van der Waals surface area (Å²) >= 11 is 7.01. The Bertz CT molecular complexity index is 857. The monoisotopic (exact) mass is 391 g/mol. The molecule has 0 aromatic heterocycles. The molecule has 1 atom stereocenters. The van der Waals surface area contributed by atoms with E-state index in [0.717, 1.165) is 6.07 Å². The van der Waals surface area contributed by atoms with Gasteiger partial charge in [0.05, 0.1) is 5.02 Å². The van der Waals surface area contributed by atoms with Gasteiger partial charge >= 0.3 is 6.18 Å². The molecule has 1 amide bonds. The Hall–Kier alpha value is -1.93. The van der Waals surface area contributed by atoms with E-state index in [9.17, 15) is 22.4 Å². The Morgan fingerprint density at radius 3 is 2.60 bits per heavy atom. The minimum absolute atomic E-state index is 0.182. The number of halogens is 5. The topological polar surface area (TPSA) is 38.3 Å². The number of amides is 1. The molecule has 3 nitrogen and oxygen atoms in total. The van der Waals surface area contributed by atoms with Crippen LogP contribution in [0, 0.1) is 5.82 Å². The van der Waals surface area contributed by atoms with Crippen LogP contribution in [0.15, 0.2) is 30.3 Å². The molecule has 1 N–H and O–H groups in total. The maximum Gasteiger partial charge on any atom is 0.420 e. The zero-order chi connectivity index (χ0) is 18.4. The quantitative estimate of drug-likeness (QED) is 0.687. The Morgan fingerprint density at radius 2 is 1.96 bits per heavy atom. The second kappa shape index (κ2) is 6.42. The van der Waals surface area contributed by atoms with Crippen LogP contribution in [0.5, 0.6) is 11.5 Å². The smallest absolute Gasteiger partial charge is 0.420 e. The number of thioether (sulfide) groups is 1. The number of fused-ring (bicyclic) bond motifs is 1. The summed E-state index contributed by atoms with van der Waals surface area (Å²) in [6.45, 7) is 0. The highest BCUT2D eigenvalue weighted by Crippen LogP contribution is 2.44.